The second-order valence-electron chi connectivity index (χ2n) is 4.60. The zero-order chi connectivity index (χ0) is 15.4. The smallest absolute Gasteiger partial charge is 0.203 e. The van der Waals surface area contributed by atoms with Gasteiger partial charge in [-0.15, -0.1) is 0 Å². The summed E-state index contributed by atoms with van der Waals surface area (Å²) in [4.78, 5) is 12.1. The van der Waals surface area contributed by atoms with Crippen LogP contribution in [0.25, 0.3) is 0 Å². The molecule has 0 aliphatic heterocycles. The van der Waals surface area contributed by atoms with Gasteiger partial charge in [-0.05, 0) is 36.2 Å². The minimum atomic E-state index is -0.354. The van der Waals surface area contributed by atoms with Crippen molar-refractivity contribution in [2.75, 3.05) is 7.11 Å². The van der Waals surface area contributed by atoms with Gasteiger partial charge in [0, 0.05) is 6.42 Å². The van der Waals surface area contributed by atoms with E-state index in [1.165, 1.54) is 19.2 Å². The van der Waals surface area contributed by atoms with E-state index in [1.807, 2.05) is 0 Å². The molecule has 0 aliphatic carbocycles. The molecule has 0 atom stereocenters. The van der Waals surface area contributed by atoms with Gasteiger partial charge >= 0.3 is 0 Å². The lowest BCUT2D eigenvalue weighted by Gasteiger charge is -2.09. The SMILES string of the molecule is COc1c(O)ccc(C(=O)CCc2ccc(O)cc2)c1O. The Morgan fingerprint density at radius 1 is 1.05 bits per heavy atom. The van der Waals surface area contributed by atoms with Crippen LogP contribution in [0.2, 0.25) is 0 Å². The fraction of sp³-hybridized carbons (Fsp3) is 0.188. The summed E-state index contributed by atoms with van der Waals surface area (Å²) < 4.78 is 4.86. The summed E-state index contributed by atoms with van der Waals surface area (Å²) in [6, 6.07) is 9.26. The standard InChI is InChI=1S/C16H16O5/c1-21-16-14(19)9-7-12(15(16)20)13(18)8-4-10-2-5-11(17)6-3-10/h2-3,5-7,9,17,19-20H,4,8H2,1H3. The zero-order valence-electron chi connectivity index (χ0n) is 11.5. The van der Waals surface area contributed by atoms with Gasteiger partial charge in [-0.1, -0.05) is 12.1 Å². The number of methoxy groups -OCH3 is 1. The number of carbonyl (C=O) groups excluding carboxylic acids is 1. The summed E-state index contributed by atoms with van der Waals surface area (Å²) in [5.74, 6) is -0.756. The van der Waals surface area contributed by atoms with E-state index in [1.54, 1.807) is 24.3 Å². The first-order valence-electron chi connectivity index (χ1n) is 6.43. The first kappa shape index (κ1) is 14.7. The topological polar surface area (TPSA) is 87.0 Å². The van der Waals surface area contributed by atoms with Crippen LogP contribution in [0.3, 0.4) is 0 Å². The van der Waals surface area contributed by atoms with Crippen molar-refractivity contribution in [3.63, 3.8) is 0 Å². The highest BCUT2D eigenvalue weighted by Crippen LogP contribution is 2.38. The molecule has 0 saturated carbocycles. The highest BCUT2D eigenvalue weighted by atomic mass is 16.5. The molecule has 0 aromatic heterocycles. The average molecular weight is 288 g/mol. The molecule has 2 aromatic rings. The summed E-state index contributed by atoms with van der Waals surface area (Å²) in [6.45, 7) is 0. The summed E-state index contributed by atoms with van der Waals surface area (Å²) in [7, 11) is 1.31. The summed E-state index contributed by atoms with van der Waals surface area (Å²) in [6.07, 6.45) is 0.689. The van der Waals surface area contributed by atoms with Crippen LogP contribution in [0.15, 0.2) is 36.4 Å². The predicted octanol–water partition coefficient (Wildman–Crippen LogP) is 2.63. The number of ether oxygens (including phenoxy) is 1. The van der Waals surface area contributed by atoms with Crippen molar-refractivity contribution in [1.82, 2.24) is 0 Å². The third-order valence-corrected chi connectivity index (χ3v) is 3.19. The van der Waals surface area contributed by atoms with Crippen LogP contribution in [-0.2, 0) is 6.42 Å². The van der Waals surface area contributed by atoms with Crippen LogP contribution in [0.5, 0.6) is 23.0 Å². The van der Waals surface area contributed by atoms with E-state index < -0.39 is 0 Å². The quantitative estimate of drug-likeness (QED) is 0.736. The van der Waals surface area contributed by atoms with Crippen molar-refractivity contribution in [2.24, 2.45) is 0 Å². The molecule has 2 rings (SSSR count). The van der Waals surface area contributed by atoms with Crippen LogP contribution < -0.4 is 4.74 Å². The van der Waals surface area contributed by atoms with Crippen molar-refractivity contribution in [2.45, 2.75) is 12.8 Å². The van der Waals surface area contributed by atoms with Gasteiger partial charge in [-0.2, -0.15) is 0 Å². The van der Waals surface area contributed by atoms with Crippen molar-refractivity contribution in [3.8, 4) is 23.0 Å². The number of ketones is 1. The minimum absolute atomic E-state index is 0.106. The van der Waals surface area contributed by atoms with Gasteiger partial charge in [0.15, 0.2) is 17.3 Å². The van der Waals surface area contributed by atoms with E-state index in [4.69, 9.17) is 4.74 Å². The maximum Gasteiger partial charge on any atom is 0.203 e. The lowest BCUT2D eigenvalue weighted by molar-refractivity contribution is 0.0979. The molecule has 0 saturated heterocycles. The van der Waals surface area contributed by atoms with Crippen LogP contribution in [-0.4, -0.2) is 28.2 Å². The number of benzene rings is 2. The molecule has 3 N–H and O–H groups in total. The molecule has 110 valence electrons. The first-order valence-corrected chi connectivity index (χ1v) is 6.43. The highest BCUT2D eigenvalue weighted by Gasteiger charge is 2.18. The zero-order valence-corrected chi connectivity index (χ0v) is 11.5. The van der Waals surface area contributed by atoms with Gasteiger partial charge in [0.05, 0.1) is 12.7 Å². The molecule has 0 aliphatic rings. The molecule has 0 amide bonds. The van der Waals surface area contributed by atoms with Gasteiger partial charge in [-0.3, -0.25) is 4.79 Å². The van der Waals surface area contributed by atoms with Crippen molar-refractivity contribution in [1.29, 1.82) is 0 Å². The number of phenolic OH excluding ortho intramolecular Hbond substituents is 3. The molecular formula is C16H16O5. The number of aryl methyl sites for hydroxylation is 1. The maximum atomic E-state index is 12.1. The van der Waals surface area contributed by atoms with E-state index in [0.717, 1.165) is 5.56 Å². The molecule has 5 heteroatoms. The third kappa shape index (κ3) is 3.25. The third-order valence-electron chi connectivity index (χ3n) is 3.19. The Hall–Kier alpha value is -2.69. The molecular weight excluding hydrogens is 272 g/mol. The molecule has 0 radical (unpaired) electrons. The fourth-order valence-corrected chi connectivity index (χ4v) is 2.04. The number of rotatable bonds is 5. The van der Waals surface area contributed by atoms with E-state index in [0.29, 0.717) is 6.42 Å². The van der Waals surface area contributed by atoms with E-state index >= 15 is 0 Å². The number of carbonyl (C=O) groups is 1. The lowest BCUT2D eigenvalue weighted by Crippen LogP contribution is -2.02. The maximum absolute atomic E-state index is 12.1. The molecule has 21 heavy (non-hydrogen) atoms. The number of hydrogen-bond acceptors (Lipinski definition) is 5. The number of Topliss-reactive ketones (excluding diaryl/α,β-unsaturated/α-hetero) is 1. The molecule has 0 unspecified atom stereocenters. The van der Waals surface area contributed by atoms with Gasteiger partial charge in [0.1, 0.15) is 5.75 Å². The second-order valence-corrected chi connectivity index (χ2v) is 4.60. The second kappa shape index (κ2) is 6.17. The van der Waals surface area contributed by atoms with E-state index in [2.05, 4.69) is 0 Å². The van der Waals surface area contributed by atoms with Crippen LogP contribution in [0.4, 0.5) is 0 Å². The summed E-state index contributed by atoms with van der Waals surface area (Å²) in [5.41, 5.74) is 1.02. The molecule has 2 aromatic carbocycles. The Bertz CT molecular complexity index is 646. The monoisotopic (exact) mass is 288 g/mol. The van der Waals surface area contributed by atoms with Gasteiger partial charge in [-0.25, -0.2) is 0 Å². The minimum Gasteiger partial charge on any atom is -0.508 e. The highest BCUT2D eigenvalue weighted by molar-refractivity contribution is 5.99. The number of hydrogen-bond donors (Lipinski definition) is 3. The Balaban J connectivity index is 2.12. The molecule has 0 fully saturated rings. The summed E-state index contributed by atoms with van der Waals surface area (Å²) >= 11 is 0. The van der Waals surface area contributed by atoms with E-state index in [9.17, 15) is 20.1 Å². The Kier molecular flexibility index (Phi) is 4.33. The van der Waals surface area contributed by atoms with Crippen LogP contribution >= 0.6 is 0 Å². The number of phenols is 3. The molecule has 5 nitrogen and oxygen atoms in total. The van der Waals surface area contributed by atoms with Crippen LogP contribution in [0.1, 0.15) is 22.3 Å². The van der Waals surface area contributed by atoms with Crippen molar-refractivity contribution in [3.05, 3.63) is 47.5 Å². The van der Waals surface area contributed by atoms with Crippen LogP contribution in [0, 0.1) is 0 Å². The van der Waals surface area contributed by atoms with Gasteiger partial charge in [0.2, 0.25) is 5.75 Å². The van der Waals surface area contributed by atoms with Crippen molar-refractivity contribution < 1.29 is 24.9 Å². The predicted molar refractivity (Wildman–Crippen MR) is 77.1 cm³/mol. The normalized spacial score (nSPS) is 10.3. The fourth-order valence-electron chi connectivity index (χ4n) is 2.04. The molecule has 0 heterocycles. The Morgan fingerprint density at radius 2 is 1.71 bits per heavy atom. The van der Waals surface area contributed by atoms with Gasteiger partial charge in [0.25, 0.3) is 0 Å². The summed E-state index contributed by atoms with van der Waals surface area (Å²) in [5, 5.41) is 28.6. The first-order chi connectivity index (χ1) is 10.0. The largest absolute Gasteiger partial charge is 0.508 e. The average Bonchev–Trinajstić information content (AvgIpc) is 2.47. The Labute approximate surface area is 122 Å². The lowest BCUT2D eigenvalue weighted by atomic mass is 10.0. The van der Waals surface area contributed by atoms with Gasteiger partial charge < -0.3 is 20.1 Å². The Morgan fingerprint density at radius 3 is 2.33 bits per heavy atom. The van der Waals surface area contributed by atoms with E-state index in [-0.39, 0.29) is 40.8 Å². The van der Waals surface area contributed by atoms with Crippen molar-refractivity contribution >= 4 is 5.78 Å². The number of aromatic hydroxyl groups is 3. The molecule has 0 bridgehead atoms. The molecule has 0 spiro atoms.